The van der Waals surface area contributed by atoms with Gasteiger partial charge in [0.15, 0.2) is 0 Å². The highest BCUT2D eigenvalue weighted by atomic mass is 15.1. The summed E-state index contributed by atoms with van der Waals surface area (Å²) in [5.41, 5.74) is 0. The van der Waals surface area contributed by atoms with Crippen LogP contribution in [0.25, 0.3) is 0 Å². The van der Waals surface area contributed by atoms with Crippen LogP contribution >= 0.6 is 0 Å². The first-order valence-corrected chi connectivity index (χ1v) is 6.73. The first-order valence-electron chi connectivity index (χ1n) is 6.73. The highest BCUT2D eigenvalue weighted by Gasteiger charge is 2.22. The van der Waals surface area contributed by atoms with E-state index < -0.39 is 0 Å². The Hall–Kier alpha value is -0.0800. The molecule has 2 heteroatoms. The lowest BCUT2D eigenvalue weighted by Crippen LogP contribution is -2.48. The zero-order chi connectivity index (χ0) is 11.1. The molecular weight excluding hydrogens is 184 g/mol. The summed E-state index contributed by atoms with van der Waals surface area (Å²) in [6.45, 7) is 12.0. The van der Waals surface area contributed by atoms with Gasteiger partial charge in [0.1, 0.15) is 0 Å². The molecule has 2 atom stereocenters. The first kappa shape index (κ1) is 13.0. The van der Waals surface area contributed by atoms with Crippen molar-refractivity contribution in [3.8, 4) is 0 Å². The molecule has 2 unspecified atom stereocenters. The summed E-state index contributed by atoms with van der Waals surface area (Å²) in [7, 11) is 0. The van der Waals surface area contributed by atoms with Crippen LogP contribution in [-0.4, -0.2) is 37.1 Å². The predicted octanol–water partition coefficient (Wildman–Crippen LogP) is 2.50. The predicted molar refractivity (Wildman–Crippen MR) is 67.2 cm³/mol. The van der Waals surface area contributed by atoms with Gasteiger partial charge in [-0.25, -0.2) is 0 Å². The minimum Gasteiger partial charge on any atom is -0.312 e. The Morgan fingerprint density at radius 3 is 2.40 bits per heavy atom. The molecule has 0 spiro atoms. The average molecular weight is 212 g/mol. The largest absolute Gasteiger partial charge is 0.312 e. The van der Waals surface area contributed by atoms with Crippen LogP contribution < -0.4 is 5.32 Å². The van der Waals surface area contributed by atoms with Crippen molar-refractivity contribution in [1.29, 1.82) is 0 Å². The number of hydrogen-bond donors (Lipinski definition) is 1. The van der Waals surface area contributed by atoms with E-state index in [1.165, 1.54) is 51.9 Å². The smallest absolute Gasteiger partial charge is 0.0220 e. The maximum Gasteiger partial charge on any atom is 0.0220 e. The molecule has 0 radical (unpaired) electrons. The van der Waals surface area contributed by atoms with Crippen molar-refractivity contribution in [3.63, 3.8) is 0 Å². The molecule has 0 aromatic carbocycles. The molecule has 1 heterocycles. The molecule has 2 nitrogen and oxygen atoms in total. The van der Waals surface area contributed by atoms with Crippen LogP contribution in [0, 0.1) is 5.92 Å². The summed E-state index contributed by atoms with van der Waals surface area (Å²) in [6, 6.07) is 0.733. The number of piperidine rings is 1. The third-order valence-electron chi connectivity index (χ3n) is 3.46. The van der Waals surface area contributed by atoms with Crippen molar-refractivity contribution >= 4 is 0 Å². The van der Waals surface area contributed by atoms with Gasteiger partial charge in [-0.15, -0.1) is 0 Å². The van der Waals surface area contributed by atoms with Gasteiger partial charge in [-0.2, -0.15) is 0 Å². The van der Waals surface area contributed by atoms with Crippen LogP contribution in [0.5, 0.6) is 0 Å². The number of rotatable bonds is 6. The van der Waals surface area contributed by atoms with Crippen molar-refractivity contribution in [2.24, 2.45) is 5.92 Å². The average Bonchev–Trinajstić information content (AvgIpc) is 2.22. The quantitative estimate of drug-likeness (QED) is 0.728. The van der Waals surface area contributed by atoms with Gasteiger partial charge in [0.25, 0.3) is 0 Å². The molecule has 1 saturated heterocycles. The van der Waals surface area contributed by atoms with E-state index in [0.717, 1.165) is 12.0 Å². The van der Waals surface area contributed by atoms with Gasteiger partial charge in [0.2, 0.25) is 0 Å². The first-order chi connectivity index (χ1) is 7.27. The van der Waals surface area contributed by atoms with E-state index >= 15 is 0 Å². The Bertz CT molecular complexity index is 153. The standard InChI is InChI=1S/C13H28N2/c1-4-9-15(10-5-2)11-13-12(3)7-6-8-14-13/h12-14H,4-11H2,1-3H3. The fourth-order valence-corrected chi connectivity index (χ4v) is 2.56. The van der Waals surface area contributed by atoms with Crippen LogP contribution in [0.15, 0.2) is 0 Å². The van der Waals surface area contributed by atoms with Gasteiger partial charge in [-0.1, -0.05) is 20.8 Å². The maximum absolute atomic E-state index is 3.67. The van der Waals surface area contributed by atoms with E-state index in [1.54, 1.807) is 0 Å². The van der Waals surface area contributed by atoms with Crippen molar-refractivity contribution in [2.75, 3.05) is 26.2 Å². The SMILES string of the molecule is CCCN(CCC)CC1NCCCC1C. The number of nitrogens with zero attached hydrogens (tertiary/aromatic N) is 1. The normalized spacial score (nSPS) is 27.2. The van der Waals surface area contributed by atoms with Crippen LogP contribution in [-0.2, 0) is 0 Å². The zero-order valence-corrected chi connectivity index (χ0v) is 10.8. The molecule has 0 aromatic heterocycles. The summed E-state index contributed by atoms with van der Waals surface area (Å²) in [6.07, 6.45) is 5.32. The van der Waals surface area contributed by atoms with Crippen LogP contribution in [0.1, 0.15) is 46.5 Å². The molecule has 0 bridgehead atoms. The molecule has 1 rings (SSSR count). The fourth-order valence-electron chi connectivity index (χ4n) is 2.56. The van der Waals surface area contributed by atoms with Crippen molar-refractivity contribution in [1.82, 2.24) is 10.2 Å². The van der Waals surface area contributed by atoms with Gasteiger partial charge in [-0.3, -0.25) is 0 Å². The molecule has 1 N–H and O–H groups in total. The summed E-state index contributed by atoms with van der Waals surface area (Å²) >= 11 is 0. The van der Waals surface area contributed by atoms with E-state index in [4.69, 9.17) is 0 Å². The Kier molecular flexibility index (Phi) is 6.26. The van der Waals surface area contributed by atoms with Gasteiger partial charge < -0.3 is 10.2 Å². The molecular formula is C13H28N2. The summed E-state index contributed by atoms with van der Waals surface area (Å²) in [5, 5.41) is 3.67. The molecule has 1 aliphatic rings. The molecule has 0 saturated carbocycles. The van der Waals surface area contributed by atoms with E-state index in [9.17, 15) is 0 Å². The highest BCUT2D eigenvalue weighted by molar-refractivity contribution is 4.81. The fraction of sp³-hybridized carbons (Fsp3) is 1.00. The summed E-state index contributed by atoms with van der Waals surface area (Å²) in [5.74, 6) is 0.856. The highest BCUT2D eigenvalue weighted by Crippen LogP contribution is 2.16. The Balaban J connectivity index is 2.33. The van der Waals surface area contributed by atoms with E-state index in [2.05, 4.69) is 31.0 Å². The van der Waals surface area contributed by atoms with E-state index in [0.29, 0.717) is 0 Å². The van der Waals surface area contributed by atoms with Crippen LogP contribution in [0.4, 0.5) is 0 Å². The third kappa shape index (κ3) is 4.52. The lowest BCUT2D eigenvalue weighted by molar-refractivity contribution is 0.190. The zero-order valence-electron chi connectivity index (χ0n) is 10.8. The second-order valence-corrected chi connectivity index (χ2v) is 4.98. The molecule has 1 aliphatic heterocycles. The van der Waals surface area contributed by atoms with Crippen molar-refractivity contribution in [3.05, 3.63) is 0 Å². The summed E-state index contributed by atoms with van der Waals surface area (Å²) < 4.78 is 0. The Morgan fingerprint density at radius 2 is 1.87 bits per heavy atom. The van der Waals surface area contributed by atoms with Gasteiger partial charge in [-0.05, 0) is 51.2 Å². The second-order valence-electron chi connectivity index (χ2n) is 4.98. The molecule has 90 valence electrons. The monoisotopic (exact) mass is 212 g/mol. The van der Waals surface area contributed by atoms with E-state index in [1.807, 2.05) is 0 Å². The second kappa shape index (κ2) is 7.24. The maximum atomic E-state index is 3.67. The van der Waals surface area contributed by atoms with Crippen molar-refractivity contribution in [2.45, 2.75) is 52.5 Å². The Morgan fingerprint density at radius 1 is 1.20 bits per heavy atom. The lowest BCUT2D eigenvalue weighted by atomic mass is 9.92. The minimum atomic E-state index is 0.733. The van der Waals surface area contributed by atoms with Gasteiger partial charge in [0.05, 0.1) is 0 Å². The molecule has 0 amide bonds. The van der Waals surface area contributed by atoms with Crippen molar-refractivity contribution < 1.29 is 0 Å². The lowest BCUT2D eigenvalue weighted by Gasteiger charge is -2.34. The molecule has 15 heavy (non-hydrogen) atoms. The van der Waals surface area contributed by atoms with Gasteiger partial charge >= 0.3 is 0 Å². The van der Waals surface area contributed by atoms with Crippen LogP contribution in [0.2, 0.25) is 0 Å². The van der Waals surface area contributed by atoms with E-state index in [-0.39, 0.29) is 0 Å². The Labute approximate surface area is 95.4 Å². The minimum absolute atomic E-state index is 0.733. The topological polar surface area (TPSA) is 15.3 Å². The number of nitrogens with one attached hydrogen (secondary N) is 1. The van der Waals surface area contributed by atoms with Crippen LogP contribution in [0.3, 0.4) is 0 Å². The summed E-state index contributed by atoms with van der Waals surface area (Å²) in [4.78, 5) is 2.62. The molecule has 0 aliphatic carbocycles. The molecule has 1 fully saturated rings. The molecule has 0 aromatic rings. The van der Waals surface area contributed by atoms with Gasteiger partial charge in [0, 0.05) is 12.6 Å². The third-order valence-corrected chi connectivity index (χ3v) is 3.46. The number of hydrogen-bond acceptors (Lipinski definition) is 2.